The molecule has 0 rings (SSSR count). The number of halogens is 3. The Morgan fingerprint density at radius 1 is 1.30 bits per heavy atom. The summed E-state index contributed by atoms with van der Waals surface area (Å²) in [5.41, 5.74) is -0.528. The van der Waals surface area contributed by atoms with E-state index in [9.17, 15) is 21.6 Å². The molecule has 0 aromatic rings. The lowest BCUT2D eigenvalue weighted by Crippen LogP contribution is -2.29. The van der Waals surface area contributed by atoms with Crippen LogP contribution in [0.25, 0.3) is 0 Å². The van der Waals surface area contributed by atoms with Crippen LogP contribution in [0.3, 0.4) is 0 Å². The summed E-state index contributed by atoms with van der Waals surface area (Å²) in [7, 11) is -4.97. The van der Waals surface area contributed by atoms with Crippen molar-refractivity contribution >= 4 is 9.84 Å². The maximum Gasteiger partial charge on any atom is 0.497 e. The molecule has 0 saturated carbocycles. The quantitative estimate of drug-likeness (QED) is 0.639. The summed E-state index contributed by atoms with van der Waals surface area (Å²) in [6, 6.07) is 0. The fourth-order valence-electron chi connectivity index (χ4n) is 0.271. The van der Waals surface area contributed by atoms with E-state index in [0.717, 1.165) is 0 Å². The fraction of sp³-hybridized carbons (Fsp3) is 1.00. The van der Waals surface area contributed by atoms with Crippen molar-refractivity contribution in [1.82, 2.24) is 0 Å². The maximum atomic E-state index is 11.4. The highest BCUT2D eigenvalue weighted by Gasteiger charge is 2.44. The molecule has 0 heterocycles. The minimum Gasteiger partial charge on any atom is -0.329 e. The monoisotopic (exact) mass is 177 g/mol. The van der Waals surface area contributed by atoms with Crippen LogP contribution in [0.4, 0.5) is 13.2 Å². The number of sulfone groups is 1. The Hall–Kier alpha value is -0.300. The van der Waals surface area contributed by atoms with Crippen LogP contribution in [0.2, 0.25) is 0 Å². The predicted octanol–water partition coefficient (Wildman–Crippen LogP) is -0.120. The molecule has 0 unspecified atom stereocenters. The summed E-state index contributed by atoms with van der Waals surface area (Å²) in [4.78, 5) is 0. The molecule has 3 nitrogen and oxygen atoms in total. The van der Waals surface area contributed by atoms with Crippen molar-refractivity contribution in [3.63, 3.8) is 0 Å². The first-order valence-corrected chi connectivity index (χ1v) is 3.95. The highest BCUT2D eigenvalue weighted by atomic mass is 32.2. The predicted molar refractivity (Wildman–Crippen MR) is 28.9 cm³/mol. The normalized spacial score (nSPS) is 13.6. The lowest BCUT2D eigenvalue weighted by Gasteiger charge is -2.04. The number of alkyl halides is 3. The fourth-order valence-corrected chi connectivity index (χ4v) is 0.813. The van der Waals surface area contributed by atoms with Gasteiger partial charge in [-0.3, -0.25) is 0 Å². The highest BCUT2D eigenvalue weighted by molar-refractivity contribution is 7.92. The highest BCUT2D eigenvalue weighted by Crippen LogP contribution is 2.22. The molecule has 0 radical (unpaired) electrons. The summed E-state index contributed by atoms with van der Waals surface area (Å²) < 4.78 is 54.2. The number of rotatable bonds is 2. The van der Waals surface area contributed by atoms with Crippen molar-refractivity contribution < 1.29 is 21.6 Å². The van der Waals surface area contributed by atoms with Crippen molar-refractivity contribution in [2.24, 2.45) is 5.73 Å². The van der Waals surface area contributed by atoms with Gasteiger partial charge in [-0.1, -0.05) is 0 Å². The Kier molecular flexibility index (Phi) is 2.67. The largest absolute Gasteiger partial charge is 0.497 e. The van der Waals surface area contributed by atoms with E-state index in [4.69, 9.17) is 0 Å². The van der Waals surface area contributed by atoms with Gasteiger partial charge in [0.05, 0.1) is 5.75 Å². The standard InChI is InChI=1S/C3H6F3NO2S/c4-3(5,6)10(8,9)2-1-7/h1-2,7H2. The minimum absolute atomic E-state index is 0.512. The zero-order valence-electron chi connectivity index (χ0n) is 4.85. The molecule has 0 bridgehead atoms. The zero-order chi connectivity index (χ0) is 8.41. The molecule has 0 spiro atoms. The molecule has 0 aromatic carbocycles. The Bertz CT molecular complexity index is 194. The number of nitrogens with two attached hydrogens (primary N) is 1. The van der Waals surface area contributed by atoms with Gasteiger partial charge in [0, 0.05) is 6.54 Å². The molecule has 0 atom stereocenters. The van der Waals surface area contributed by atoms with E-state index in [0.29, 0.717) is 0 Å². The van der Waals surface area contributed by atoms with Gasteiger partial charge in [0.15, 0.2) is 0 Å². The summed E-state index contributed by atoms with van der Waals surface area (Å²) in [6.45, 7) is -0.512. The average Bonchev–Trinajstić information content (AvgIpc) is 1.61. The van der Waals surface area contributed by atoms with Crippen LogP contribution in [0, 0.1) is 0 Å². The molecule has 0 aliphatic heterocycles. The first-order valence-electron chi connectivity index (χ1n) is 2.30. The molecule has 62 valence electrons. The molecule has 2 N–H and O–H groups in total. The van der Waals surface area contributed by atoms with Crippen LogP contribution in [0.5, 0.6) is 0 Å². The van der Waals surface area contributed by atoms with Crippen LogP contribution < -0.4 is 5.73 Å². The third-order valence-electron chi connectivity index (χ3n) is 0.739. The Morgan fingerprint density at radius 3 is 1.80 bits per heavy atom. The van der Waals surface area contributed by atoms with Gasteiger partial charge in [-0.2, -0.15) is 13.2 Å². The molecular weight excluding hydrogens is 171 g/mol. The SMILES string of the molecule is NCCS(=O)(=O)C(F)(F)F. The topological polar surface area (TPSA) is 60.2 Å². The summed E-state index contributed by atoms with van der Waals surface area (Å²) in [5, 5.41) is 0. The van der Waals surface area contributed by atoms with Gasteiger partial charge < -0.3 is 5.73 Å². The van der Waals surface area contributed by atoms with Gasteiger partial charge in [0.2, 0.25) is 9.84 Å². The van der Waals surface area contributed by atoms with Crippen LogP contribution in [-0.2, 0) is 9.84 Å². The molecule has 0 saturated heterocycles. The number of hydrogen-bond donors (Lipinski definition) is 1. The number of hydrogen-bond acceptors (Lipinski definition) is 3. The van der Waals surface area contributed by atoms with Gasteiger partial charge in [-0.25, -0.2) is 8.42 Å². The molecular formula is C3H6F3NO2S. The average molecular weight is 177 g/mol. The second kappa shape index (κ2) is 2.75. The summed E-state index contributed by atoms with van der Waals surface area (Å²) >= 11 is 0. The molecule has 0 fully saturated rings. The molecule has 0 amide bonds. The maximum absolute atomic E-state index is 11.4. The molecule has 0 aromatic heterocycles. The summed E-state index contributed by atoms with van der Waals surface area (Å²) in [5.74, 6) is -1.05. The van der Waals surface area contributed by atoms with Crippen molar-refractivity contribution in [1.29, 1.82) is 0 Å². The Morgan fingerprint density at radius 2 is 1.70 bits per heavy atom. The second-order valence-electron chi connectivity index (χ2n) is 1.55. The summed E-state index contributed by atoms with van der Waals surface area (Å²) in [6.07, 6.45) is 0. The van der Waals surface area contributed by atoms with Gasteiger partial charge in [-0.15, -0.1) is 0 Å². The molecule has 7 heteroatoms. The van der Waals surface area contributed by atoms with Crippen molar-refractivity contribution in [2.75, 3.05) is 12.3 Å². The van der Waals surface area contributed by atoms with E-state index in [1.165, 1.54) is 0 Å². The van der Waals surface area contributed by atoms with E-state index in [1.54, 1.807) is 0 Å². The van der Waals surface area contributed by atoms with Crippen molar-refractivity contribution in [2.45, 2.75) is 5.51 Å². The smallest absolute Gasteiger partial charge is 0.329 e. The van der Waals surface area contributed by atoms with E-state index < -0.39 is 27.6 Å². The van der Waals surface area contributed by atoms with Gasteiger partial charge in [0.25, 0.3) is 0 Å². The Labute approximate surface area is 55.9 Å². The first-order chi connectivity index (χ1) is 4.31. The lowest BCUT2D eigenvalue weighted by molar-refractivity contribution is -0.0434. The van der Waals surface area contributed by atoms with E-state index in [-0.39, 0.29) is 0 Å². The van der Waals surface area contributed by atoms with E-state index in [1.807, 2.05) is 0 Å². The third-order valence-corrected chi connectivity index (χ3v) is 2.22. The molecule has 10 heavy (non-hydrogen) atoms. The van der Waals surface area contributed by atoms with Crippen molar-refractivity contribution in [3.05, 3.63) is 0 Å². The lowest BCUT2D eigenvalue weighted by atomic mass is 10.8. The third kappa shape index (κ3) is 2.14. The van der Waals surface area contributed by atoms with Crippen molar-refractivity contribution in [3.8, 4) is 0 Å². The second-order valence-corrected chi connectivity index (χ2v) is 3.65. The minimum atomic E-state index is -5.16. The zero-order valence-corrected chi connectivity index (χ0v) is 5.67. The van der Waals surface area contributed by atoms with Crippen LogP contribution in [0.1, 0.15) is 0 Å². The van der Waals surface area contributed by atoms with Crippen LogP contribution >= 0.6 is 0 Å². The Balaban J connectivity index is 4.44. The van der Waals surface area contributed by atoms with Gasteiger partial charge in [-0.05, 0) is 0 Å². The molecule has 0 aliphatic rings. The van der Waals surface area contributed by atoms with E-state index in [2.05, 4.69) is 5.73 Å². The van der Waals surface area contributed by atoms with Gasteiger partial charge >= 0.3 is 5.51 Å². The van der Waals surface area contributed by atoms with Crippen LogP contribution in [0.15, 0.2) is 0 Å². The first kappa shape index (κ1) is 9.70. The van der Waals surface area contributed by atoms with E-state index >= 15 is 0 Å². The van der Waals surface area contributed by atoms with Gasteiger partial charge in [0.1, 0.15) is 0 Å². The van der Waals surface area contributed by atoms with Crippen LogP contribution in [-0.4, -0.2) is 26.2 Å². The molecule has 0 aliphatic carbocycles.